The number of benzene rings is 1. The molecule has 0 bridgehead atoms. The predicted molar refractivity (Wildman–Crippen MR) is 107 cm³/mol. The number of nitrogens with zero attached hydrogens (tertiary/aromatic N) is 1. The van der Waals surface area contributed by atoms with Crippen LogP contribution in [0, 0.1) is 39.9 Å². The predicted octanol–water partition coefficient (Wildman–Crippen LogP) is 6.00. The molecular weight excluding hydrogens is 334 g/mol. The number of fused-ring (bicyclic) bond motifs is 1. The van der Waals surface area contributed by atoms with Gasteiger partial charge in [-0.05, 0) is 74.8 Å². The first-order valence-corrected chi connectivity index (χ1v) is 10.5. The zero-order chi connectivity index (χ0) is 19.7. The summed E-state index contributed by atoms with van der Waals surface area (Å²) >= 11 is 0. The number of ether oxygens (including phenoxy) is 1. The smallest absolute Gasteiger partial charge is 0.338 e. The maximum atomic E-state index is 12.6. The third-order valence-electron chi connectivity index (χ3n) is 7.19. The molecule has 0 unspecified atom stereocenters. The molecule has 5 atom stereocenters. The van der Waals surface area contributed by atoms with Gasteiger partial charge in [0.1, 0.15) is 6.10 Å². The van der Waals surface area contributed by atoms with Crippen molar-refractivity contribution in [1.82, 2.24) is 0 Å². The Morgan fingerprint density at radius 1 is 1.30 bits per heavy atom. The van der Waals surface area contributed by atoms with E-state index in [1.165, 1.54) is 0 Å². The lowest BCUT2D eigenvalue weighted by atomic mass is 9.56. The molecule has 0 aromatic heterocycles. The topological polar surface area (TPSA) is 50.1 Å². The molecule has 2 fully saturated rings. The summed E-state index contributed by atoms with van der Waals surface area (Å²) < 4.78 is 6.01. The molecule has 3 heteroatoms. The van der Waals surface area contributed by atoms with Gasteiger partial charge in [-0.1, -0.05) is 39.0 Å². The fourth-order valence-corrected chi connectivity index (χ4v) is 6.20. The largest absolute Gasteiger partial charge is 0.458 e. The van der Waals surface area contributed by atoms with Crippen molar-refractivity contribution in [2.24, 2.45) is 28.6 Å². The van der Waals surface area contributed by atoms with E-state index in [1.807, 2.05) is 30.3 Å². The van der Waals surface area contributed by atoms with Crippen molar-refractivity contribution in [3.05, 3.63) is 35.9 Å². The molecular formula is C24H33NO2. The number of hydrogen-bond acceptors (Lipinski definition) is 3. The van der Waals surface area contributed by atoms with Crippen molar-refractivity contribution in [3.8, 4) is 6.07 Å². The fourth-order valence-electron chi connectivity index (χ4n) is 6.20. The molecule has 27 heavy (non-hydrogen) atoms. The van der Waals surface area contributed by atoms with Gasteiger partial charge in [0.2, 0.25) is 0 Å². The van der Waals surface area contributed by atoms with Gasteiger partial charge in [0, 0.05) is 5.92 Å². The molecule has 2 aliphatic carbocycles. The second-order valence-corrected chi connectivity index (χ2v) is 9.57. The van der Waals surface area contributed by atoms with E-state index in [2.05, 4.69) is 33.8 Å². The van der Waals surface area contributed by atoms with Gasteiger partial charge < -0.3 is 4.74 Å². The summed E-state index contributed by atoms with van der Waals surface area (Å²) in [6, 6.07) is 12.0. The lowest BCUT2D eigenvalue weighted by molar-refractivity contribution is -0.0547. The van der Waals surface area contributed by atoms with E-state index in [-0.39, 0.29) is 22.9 Å². The number of rotatable bonds is 5. The standard InChI is InChI=1S/C24H33NO2/c1-17(2)15-23(3,16-25)21-13-12-19-20(11-8-14-24(19,21)4)27-22(26)18-9-6-5-7-10-18/h5-7,9-10,17,19-21H,8,11-15H2,1-4H3/t19-,20-,21+,23+,24-/m0/s1. The van der Waals surface area contributed by atoms with Crippen LogP contribution in [0.25, 0.3) is 0 Å². The number of carbonyl (C=O) groups excluding carboxylic acids is 1. The summed E-state index contributed by atoms with van der Waals surface area (Å²) in [4.78, 5) is 12.6. The molecule has 1 aromatic carbocycles. The Balaban J connectivity index is 1.79. The van der Waals surface area contributed by atoms with Crippen LogP contribution in [-0.2, 0) is 4.74 Å². The van der Waals surface area contributed by atoms with Crippen molar-refractivity contribution in [2.45, 2.75) is 72.3 Å². The van der Waals surface area contributed by atoms with Crippen molar-refractivity contribution in [3.63, 3.8) is 0 Å². The van der Waals surface area contributed by atoms with Gasteiger partial charge in [-0.2, -0.15) is 5.26 Å². The number of carbonyl (C=O) groups is 1. The van der Waals surface area contributed by atoms with Crippen LogP contribution in [0.2, 0.25) is 0 Å². The van der Waals surface area contributed by atoms with Gasteiger partial charge in [0.05, 0.1) is 17.0 Å². The molecule has 0 spiro atoms. The van der Waals surface area contributed by atoms with Crippen LogP contribution in [0.3, 0.4) is 0 Å². The van der Waals surface area contributed by atoms with Crippen molar-refractivity contribution in [1.29, 1.82) is 5.26 Å². The lowest BCUT2D eigenvalue weighted by Crippen LogP contribution is -2.46. The molecule has 0 saturated heterocycles. The quantitative estimate of drug-likeness (QED) is 0.599. The minimum Gasteiger partial charge on any atom is -0.458 e. The molecule has 2 saturated carbocycles. The minimum absolute atomic E-state index is 0.0246. The highest BCUT2D eigenvalue weighted by Gasteiger charge is 2.57. The summed E-state index contributed by atoms with van der Waals surface area (Å²) in [6.45, 7) is 8.92. The zero-order valence-corrected chi connectivity index (χ0v) is 17.2. The van der Waals surface area contributed by atoms with Crippen LogP contribution < -0.4 is 0 Å². The Bertz CT molecular complexity index is 707. The molecule has 0 N–H and O–H groups in total. The number of hydrogen-bond donors (Lipinski definition) is 0. The van der Waals surface area contributed by atoms with E-state index in [0.717, 1.165) is 38.5 Å². The second-order valence-electron chi connectivity index (χ2n) is 9.57. The number of nitriles is 1. The first kappa shape index (κ1) is 19.9. The highest BCUT2D eigenvalue weighted by atomic mass is 16.5. The van der Waals surface area contributed by atoms with E-state index in [4.69, 9.17) is 4.74 Å². The third-order valence-corrected chi connectivity index (χ3v) is 7.19. The van der Waals surface area contributed by atoms with Gasteiger partial charge in [-0.3, -0.25) is 0 Å². The molecule has 2 aliphatic rings. The van der Waals surface area contributed by atoms with Crippen molar-refractivity contribution >= 4 is 5.97 Å². The van der Waals surface area contributed by atoms with Gasteiger partial charge in [0.15, 0.2) is 0 Å². The molecule has 3 nitrogen and oxygen atoms in total. The average Bonchev–Trinajstić information content (AvgIpc) is 3.00. The summed E-state index contributed by atoms with van der Waals surface area (Å²) in [6.07, 6.45) is 6.18. The minimum atomic E-state index is -0.303. The van der Waals surface area contributed by atoms with Gasteiger partial charge in [-0.25, -0.2) is 4.79 Å². The maximum Gasteiger partial charge on any atom is 0.338 e. The molecule has 0 radical (unpaired) electrons. The van der Waals surface area contributed by atoms with E-state index in [9.17, 15) is 10.1 Å². The van der Waals surface area contributed by atoms with E-state index < -0.39 is 0 Å². The monoisotopic (exact) mass is 367 g/mol. The van der Waals surface area contributed by atoms with Crippen LogP contribution in [-0.4, -0.2) is 12.1 Å². The Hall–Kier alpha value is -1.82. The van der Waals surface area contributed by atoms with E-state index >= 15 is 0 Å². The van der Waals surface area contributed by atoms with Crippen LogP contribution in [0.5, 0.6) is 0 Å². The summed E-state index contributed by atoms with van der Waals surface area (Å²) in [7, 11) is 0. The molecule has 3 rings (SSSR count). The van der Waals surface area contributed by atoms with Gasteiger partial charge in [-0.15, -0.1) is 0 Å². The summed E-state index contributed by atoms with van der Waals surface area (Å²) in [5.74, 6) is 1.04. The zero-order valence-electron chi connectivity index (χ0n) is 17.2. The normalized spacial score (nSPS) is 32.4. The third kappa shape index (κ3) is 3.77. The Morgan fingerprint density at radius 2 is 2.00 bits per heavy atom. The highest BCUT2D eigenvalue weighted by molar-refractivity contribution is 5.89. The molecule has 0 heterocycles. The van der Waals surface area contributed by atoms with E-state index in [0.29, 0.717) is 23.3 Å². The summed E-state index contributed by atoms with van der Waals surface area (Å²) in [5, 5.41) is 10.0. The molecule has 0 amide bonds. The summed E-state index contributed by atoms with van der Waals surface area (Å²) in [5.41, 5.74) is 0.406. The lowest BCUT2D eigenvalue weighted by Gasteiger charge is -2.48. The second kappa shape index (κ2) is 7.66. The highest BCUT2D eigenvalue weighted by Crippen LogP contribution is 2.62. The Labute approximate surface area is 164 Å². The maximum absolute atomic E-state index is 12.6. The van der Waals surface area contributed by atoms with E-state index in [1.54, 1.807) is 0 Å². The first-order chi connectivity index (χ1) is 12.8. The van der Waals surface area contributed by atoms with Gasteiger partial charge in [0.25, 0.3) is 0 Å². The SMILES string of the molecule is CC(C)C[C@](C)(C#N)[C@H]1CC[C@H]2[C@@H](OC(=O)c3ccccc3)CCC[C@@]21C. The van der Waals surface area contributed by atoms with Crippen LogP contribution >= 0.6 is 0 Å². The van der Waals surface area contributed by atoms with Crippen LogP contribution in [0.1, 0.15) is 76.6 Å². The Kier molecular flexibility index (Phi) is 5.65. The van der Waals surface area contributed by atoms with Crippen LogP contribution in [0.15, 0.2) is 30.3 Å². The van der Waals surface area contributed by atoms with Crippen molar-refractivity contribution < 1.29 is 9.53 Å². The fraction of sp³-hybridized carbons (Fsp3) is 0.667. The molecule has 0 aliphatic heterocycles. The van der Waals surface area contributed by atoms with Crippen molar-refractivity contribution in [2.75, 3.05) is 0 Å². The molecule has 1 aromatic rings. The van der Waals surface area contributed by atoms with Gasteiger partial charge >= 0.3 is 5.97 Å². The first-order valence-electron chi connectivity index (χ1n) is 10.5. The van der Waals surface area contributed by atoms with Crippen LogP contribution in [0.4, 0.5) is 0 Å². The Morgan fingerprint density at radius 3 is 2.63 bits per heavy atom. The average molecular weight is 368 g/mol. The number of esters is 1. The molecule has 146 valence electrons.